The summed E-state index contributed by atoms with van der Waals surface area (Å²) in [7, 11) is 0. The Morgan fingerprint density at radius 1 is 1.05 bits per heavy atom. The number of nitrogens with one attached hydrogen (secondary N) is 1. The Labute approximate surface area is 131 Å². The summed E-state index contributed by atoms with van der Waals surface area (Å²) in [4.78, 5) is 1.10. The van der Waals surface area contributed by atoms with Crippen LogP contribution < -0.4 is 5.32 Å². The van der Waals surface area contributed by atoms with Gasteiger partial charge in [-0.05, 0) is 61.3 Å². The predicted molar refractivity (Wildman–Crippen MR) is 89.5 cm³/mol. The molecule has 0 aliphatic carbocycles. The van der Waals surface area contributed by atoms with E-state index < -0.39 is 0 Å². The number of halogens is 1. The molecule has 112 valence electrons. The van der Waals surface area contributed by atoms with Crippen LogP contribution in [0.4, 0.5) is 4.39 Å². The molecule has 0 radical (unpaired) electrons. The maximum atomic E-state index is 12.9. The second-order valence-electron chi connectivity index (χ2n) is 5.22. The van der Waals surface area contributed by atoms with Gasteiger partial charge in [-0.1, -0.05) is 25.1 Å². The molecule has 3 heteroatoms. The number of benzene rings is 2. The molecule has 1 unspecified atom stereocenters. The first-order chi connectivity index (χ1) is 10.1. The van der Waals surface area contributed by atoms with Crippen LogP contribution in [0.1, 0.15) is 29.7 Å². The van der Waals surface area contributed by atoms with Gasteiger partial charge in [0.2, 0.25) is 0 Å². The van der Waals surface area contributed by atoms with Crippen molar-refractivity contribution in [3.63, 3.8) is 0 Å². The molecule has 0 aliphatic rings. The van der Waals surface area contributed by atoms with Crippen molar-refractivity contribution < 1.29 is 4.39 Å². The monoisotopic (exact) mass is 303 g/mol. The van der Waals surface area contributed by atoms with Crippen LogP contribution in [0.5, 0.6) is 0 Å². The van der Waals surface area contributed by atoms with Crippen molar-refractivity contribution in [2.24, 2.45) is 0 Å². The molecule has 0 bridgehead atoms. The predicted octanol–water partition coefficient (Wildman–Crippen LogP) is 4.89. The molecule has 0 aromatic heterocycles. The minimum atomic E-state index is -0.184. The molecule has 1 N–H and O–H groups in total. The summed E-state index contributed by atoms with van der Waals surface area (Å²) in [6.45, 7) is 7.34. The van der Waals surface area contributed by atoms with Crippen molar-refractivity contribution in [3.05, 3.63) is 65.0 Å². The van der Waals surface area contributed by atoms with E-state index >= 15 is 0 Å². The Morgan fingerprint density at radius 2 is 1.76 bits per heavy atom. The highest BCUT2D eigenvalue weighted by atomic mass is 32.2. The van der Waals surface area contributed by atoms with E-state index in [-0.39, 0.29) is 5.82 Å². The normalized spacial score (nSPS) is 12.4. The number of aryl methyl sites for hydroxylation is 2. The van der Waals surface area contributed by atoms with Gasteiger partial charge in [-0.3, -0.25) is 0 Å². The van der Waals surface area contributed by atoms with Gasteiger partial charge < -0.3 is 5.32 Å². The Bertz CT molecular complexity index is 580. The maximum Gasteiger partial charge on any atom is 0.123 e. The Balaban J connectivity index is 2.07. The summed E-state index contributed by atoms with van der Waals surface area (Å²) in [5.41, 5.74) is 3.96. The van der Waals surface area contributed by atoms with Crippen LogP contribution in [0.15, 0.2) is 47.4 Å². The first-order valence-electron chi connectivity index (χ1n) is 7.29. The minimum Gasteiger partial charge on any atom is -0.309 e. The molecule has 0 fully saturated rings. The van der Waals surface area contributed by atoms with E-state index in [1.165, 1.54) is 28.8 Å². The Hall–Kier alpha value is -1.32. The molecule has 0 saturated heterocycles. The van der Waals surface area contributed by atoms with Crippen LogP contribution in [0.25, 0.3) is 0 Å². The van der Waals surface area contributed by atoms with Gasteiger partial charge in [-0.25, -0.2) is 4.39 Å². The van der Waals surface area contributed by atoms with E-state index in [2.05, 4.69) is 44.3 Å². The topological polar surface area (TPSA) is 12.0 Å². The zero-order valence-electron chi connectivity index (χ0n) is 12.8. The number of rotatable bonds is 6. The lowest BCUT2D eigenvalue weighted by molar-refractivity contribution is 0.605. The number of thioether (sulfide) groups is 1. The van der Waals surface area contributed by atoms with Gasteiger partial charge in [-0.15, -0.1) is 11.8 Å². The quantitative estimate of drug-likeness (QED) is 0.763. The molecule has 0 amide bonds. The van der Waals surface area contributed by atoms with Gasteiger partial charge in [0, 0.05) is 16.7 Å². The second kappa shape index (κ2) is 7.62. The Morgan fingerprint density at radius 3 is 2.38 bits per heavy atom. The zero-order chi connectivity index (χ0) is 15.2. The third-order valence-electron chi connectivity index (χ3n) is 3.61. The van der Waals surface area contributed by atoms with Crippen LogP contribution in [-0.4, -0.2) is 12.3 Å². The van der Waals surface area contributed by atoms with Gasteiger partial charge >= 0.3 is 0 Å². The summed E-state index contributed by atoms with van der Waals surface area (Å²) < 4.78 is 12.9. The maximum absolute atomic E-state index is 12.9. The van der Waals surface area contributed by atoms with Gasteiger partial charge in [0.05, 0.1) is 0 Å². The summed E-state index contributed by atoms with van der Waals surface area (Å²) in [6.07, 6.45) is 0. The summed E-state index contributed by atoms with van der Waals surface area (Å²) in [5, 5.41) is 3.53. The SMILES string of the molecule is CCNC(CSc1ccc(F)cc1)c1ccc(C)c(C)c1. The van der Waals surface area contributed by atoms with E-state index in [9.17, 15) is 4.39 Å². The Kier molecular flexibility index (Phi) is 5.83. The molecule has 1 nitrogen and oxygen atoms in total. The molecule has 2 aromatic carbocycles. The van der Waals surface area contributed by atoms with E-state index in [0.29, 0.717) is 6.04 Å². The van der Waals surface area contributed by atoms with Gasteiger partial charge in [0.15, 0.2) is 0 Å². The number of hydrogen-bond donors (Lipinski definition) is 1. The van der Waals surface area contributed by atoms with Crippen LogP contribution in [0.3, 0.4) is 0 Å². The van der Waals surface area contributed by atoms with E-state index in [0.717, 1.165) is 17.2 Å². The lowest BCUT2D eigenvalue weighted by atomic mass is 10.0. The van der Waals surface area contributed by atoms with Crippen molar-refractivity contribution in [3.8, 4) is 0 Å². The van der Waals surface area contributed by atoms with Crippen molar-refractivity contribution in [1.29, 1.82) is 0 Å². The molecule has 2 aromatic rings. The highest BCUT2D eigenvalue weighted by Gasteiger charge is 2.11. The zero-order valence-corrected chi connectivity index (χ0v) is 13.6. The fraction of sp³-hybridized carbons (Fsp3) is 0.333. The number of hydrogen-bond acceptors (Lipinski definition) is 2. The standard InChI is InChI=1S/C18H22FNS/c1-4-20-18(15-6-5-13(2)14(3)11-15)12-21-17-9-7-16(19)8-10-17/h5-11,18,20H,4,12H2,1-3H3. The lowest BCUT2D eigenvalue weighted by Crippen LogP contribution is -2.23. The van der Waals surface area contributed by atoms with Crippen molar-refractivity contribution in [1.82, 2.24) is 5.32 Å². The van der Waals surface area contributed by atoms with Crippen LogP contribution >= 0.6 is 11.8 Å². The molecule has 2 rings (SSSR count). The van der Waals surface area contributed by atoms with Crippen LogP contribution in [0, 0.1) is 19.7 Å². The van der Waals surface area contributed by atoms with E-state index in [1.807, 2.05) is 12.1 Å². The molecule has 21 heavy (non-hydrogen) atoms. The molecule has 0 saturated carbocycles. The molecular weight excluding hydrogens is 281 g/mol. The summed E-state index contributed by atoms with van der Waals surface area (Å²) in [5.74, 6) is 0.749. The van der Waals surface area contributed by atoms with Crippen LogP contribution in [-0.2, 0) is 0 Å². The largest absolute Gasteiger partial charge is 0.309 e. The summed E-state index contributed by atoms with van der Waals surface area (Å²) >= 11 is 1.75. The first-order valence-corrected chi connectivity index (χ1v) is 8.27. The average molecular weight is 303 g/mol. The molecule has 1 atom stereocenters. The van der Waals surface area contributed by atoms with Crippen molar-refractivity contribution in [2.75, 3.05) is 12.3 Å². The van der Waals surface area contributed by atoms with Gasteiger partial charge in [0.1, 0.15) is 5.82 Å². The first kappa shape index (κ1) is 16.1. The fourth-order valence-corrected chi connectivity index (χ4v) is 3.21. The third-order valence-corrected chi connectivity index (χ3v) is 4.72. The highest BCUT2D eigenvalue weighted by Crippen LogP contribution is 2.26. The molecular formula is C18H22FNS. The highest BCUT2D eigenvalue weighted by molar-refractivity contribution is 7.99. The van der Waals surface area contributed by atoms with Crippen molar-refractivity contribution in [2.45, 2.75) is 31.7 Å². The third kappa shape index (κ3) is 4.58. The lowest BCUT2D eigenvalue weighted by Gasteiger charge is -2.19. The van der Waals surface area contributed by atoms with Gasteiger partial charge in [0.25, 0.3) is 0 Å². The summed E-state index contributed by atoms with van der Waals surface area (Å²) in [6, 6.07) is 13.6. The average Bonchev–Trinajstić information content (AvgIpc) is 2.48. The second-order valence-corrected chi connectivity index (χ2v) is 6.31. The van der Waals surface area contributed by atoms with Crippen molar-refractivity contribution >= 4 is 11.8 Å². The minimum absolute atomic E-state index is 0.184. The molecule has 0 aliphatic heterocycles. The van der Waals surface area contributed by atoms with E-state index in [4.69, 9.17) is 0 Å². The van der Waals surface area contributed by atoms with E-state index in [1.54, 1.807) is 11.8 Å². The van der Waals surface area contributed by atoms with Crippen LogP contribution in [0.2, 0.25) is 0 Å². The fourth-order valence-electron chi connectivity index (χ4n) is 2.21. The van der Waals surface area contributed by atoms with Gasteiger partial charge in [-0.2, -0.15) is 0 Å². The smallest absolute Gasteiger partial charge is 0.123 e. The molecule has 0 spiro atoms. The molecule has 0 heterocycles.